The quantitative estimate of drug-likeness (QED) is 0.860. The van der Waals surface area contributed by atoms with Crippen LogP contribution in [0.1, 0.15) is 25.7 Å². The van der Waals surface area contributed by atoms with Crippen molar-refractivity contribution < 1.29 is 18.3 Å². The number of hydrogen-bond donors (Lipinski definition) is 1. The summed E-state index contributed by atoms with van der Waals surface area (Å²) in [7, 11) is 0. The lowest BCUT2D eigenvalue weighted by Gasteiger charge is -2.33. The highest BCUT2D eigenvalue weighted by Gasteiger charge is 2.37. The zero-order valence-corrected chi connectivity index (χ0v) is 11.6. The Morgan fingerprint density at radius 2 is 2.00 bits per heavy atom. The summed E-state index contributed by atoms with van der Waals surface area (Å²) in [5.74, 6) is -2.61. The van der Waals surface area contributed by atoms with Crippen LogP contribution in [0.3, 0.4) is 0 Å². The third-order valence-corrected chi connectivity index (χ3v) is 4.00. The van der Waals surface area contributed by atoms with Gasteiger partial charge in [0, 0.05) is 25.9 Å². The molecule has 0 saturated heterocycles. The smallest absolute Gasteiger partial charge is 0.414 e. The van der Waals surface area contributed by atoms with Gasteiger partial charge in [-0.1, -0.05) is 12.1 Å². The first-order valence-electron chi connectivity index (χ1n) is 7.24. The average molecular weight is 296 g/mol. The number of nitrogens with one attached hydrogen (secondary N) is 1. The molecule has 1 saturated carbocycles. The molecule has 1 N–H and O–H groups in total. The number of para-hydroxylation sites is 2. The highest BCUT2D eigenvalue weighted by molar-refractivity contribution is 5.93. The van der Waals surface area contributed by atoms with Crippen molar-refractivity contribution >= 4 is 17.5 Å². The summed E-state index contributed by atoms with van der Waals surface area (Å²) in [4.78, 5) is 13.8. The first-order chi connectivity index (χ1) is 10.1. The third kappa shape index (κ3) is 3.09. The number of anilines is 2. The number of benzene rings is 1. The first-order valence-corrected chi connectivity index (χ1v) is 7.24. The van der Waals surface area contributed by atoms with E-state index in [2.05, 4.69) is 5.32 Å². The molecule has 2 aliphatic rings. The van der Waals surface area contributed by atoms with Crippen LogP contribution in [-0.2, 0) is 4.74 Å². The number of carbonyl (C=O) groups is 1. The normalized spacial score (nSPS) is 21.3. The third-order valence-electron chi connectivity index (χ3n) is 4.00. The molecule has 1 fully saturated rings. The molecule has 1 aliphatic carbocycles. The van der Waals surface area contributed by atoms with E-state index < -0.39 is 18.1 Å². The van der Waals surface area contributed by atoms with Gasteiger partial charge in [0.15, 0.2) is 0 Å². The number of carbonyl (C=O) groups excluding carboxylic acids is 1. The fraction of sp³-hybridized carbons (Fsp3) is 0.533. The van der Waals surface area contributed by atoms with Gasteiger partial charge in [0.1, 0.15) is 6.10 Å². The van der Waals surface area contributed by atoms with E-state index in [0.717, 1.165) is 11.4 Å². The van der Waals surface area contributed by atoms with Gasteiger partial charge in [-0.25, -0.2) is 13.6 Å². The molecule has 0 unspecified atom stereocenters. The SMILES string of the molecule is O=C(OC1CCC(F)(F)CC1)N1CCNc2ccccc21. The van der Waals surface area contributed by atoms with Crippen LogP contribution in [0.4, 0.5) is 25.0 Å². The van der Waals surface area contributed by atoms with Crippen molar-refractivity contribution in [1.82, 2.24) is 0 Å². The molecule has 3 rings (SSSR count). The van der Waals surface area contributed by atoms with E-state index in [0.29, 0.717) is 13.1 Å². The number of halogens is 2. The van der Waals surface area contributed by atoms with Crippen molar-refractivity contribution in [3.8, 4) is 0 Å². The summed E-state index contributed by atoms with van der Waals surface area (Å²) in [5, 5.41) is 3.21. The van der Waals surface area contributed by atoms with Crippen LogP contribution in [0.15, 0.2) is 24.3 Å². The highest BCUT2D eigenvalue weighted by Crippen LogP contribution is 2.35. The molecule has 1 aromatic rings. The van der Waals surface area contributed by atoms with Gasteiger partial charge in [-0.3, -0.25) is 4.90 Å². The Bertz CT molecular complexity index is 526. The maximum absolute atomic E-state index is 13.1. The number of ether oxygens (including phenoxy) is 1. The summed E-state index contributed by atoms with van der Waals surface area (Å²) in [6.07, 6.45) is -0.802. The van der Waals surface area contributed by atoms with Gasteiger partial charge in [0.2, 0.25) is 5.92 Å². The fourth-order valence-corrected chi connectivity index (χ4v) is 2.81. The molecule has 0 bridgehead atoms. The molecule has 0 radical (unpaired) electrons. The topological polar surface area (TPSA) is 41.6 Å². The first kappa shape index (κ1) is 14.1. The molecule has 1 aromatic carbocycles. The van der Waals surface area contributed by atoms with Gasteiger partial charge in [0.05, 0.1) is 11.4 Å². The summed E-state index contributed by atoms with van der Waals surface area (Å²) >= 11 is 0. The van der Waals surface area contributed by atoms with Gasteiger partial charge in [0.25, 0.3) is 0 Å². The molecule has 0 spiro atoms. The van der Waals surface area contributed by atoms with Gasteiger partial charge >= 0.3 is 6.09 Å². The van der Waals surface area contributed by atoms with E-state index in [1.165, 1.54) is 0 Å². The zero-order chi connectivity index (χ0) is 14.9. The zero-order valence-electron chi connectivity index (χ0n) is 11.6. The molecule has 1 aliphatic heterocycles. The second-order valence-electron chi connectivity index (χ2n) is 5.53. The Labute approximate surface area is 122 Å². The van der Waals surface area contributed by atoms with Crippen molar-refractivity contribution in [2.45, 2.75) is 37.7 Å². The van der Waals surface area contributed by atoms with Crippen LogP contribution in [-0.4, -0.2) is 31.2 Å². The predicted molar refractivity (Wildman–Crippen MR) is 76.0 cm³/mol. The maximum Gasteiger partial charge on any atom is 0.414 e. The van der Waals surface area contributed by atoms with E-state index in [-0.39, 0.29) is 25.7 Å². The van der Waals surface area contributed by atoms with Crippen molar-refractivity contribution in [3.63, 3.8) is 0 Å². The molecule has 1 heterocycles. The second-order valence-corrected chi connectivity index (χ2v) is 5.53. The van der Waals surface area contributed by atoms with Crippen LogP contribution in [0.5, 0.6) is 0 Å². The Hall–Kier alpha value is -1.85. The Morgan fingerprint density at radius 1 is 1.29 bits per heavy atom. The average Bonchev–Trinajstić information content (AvgIpc) is 2.49. The van der Waals surface area contributed by atoms with E-state index in [4.69, 9.17) is 4.74 Å². The number of amides is 1. The summed E-state index contributed by atoms with van der Waals surface area (Å²) < 4.78 is 31.6. The van der Waals surface area contributed by atoms with E-state index in [1.54, 1.807) is 4.90 Å². The predicted octanol–water partition coefficient (Wildman–Crippen LogP) is 3.63. The molecule has 21 heavy (non-hydrogen) atoms. The molecule has 1 amide bonds. The molecule has 4 nitrogen and oxygen atoms in total. The summed E-state index contributed by atoms with van der Waals surface area (Å²) in [5.41, 5.74) is 1.66. The lowest BCUT2D eigenvalue weighted by Crippen LogP contribution is -2.41. The van der Waals surface area contributed by atoms with Crippen molar-refractivity contribution in [1.29, 1.82) is 0 Å². The number of hydrogen-bond acceptors (Lipinski definition) is 3. The Kier molecular flexibility index (Phi) is 3.69. The standard InChI is InChI=1S/C15H18F2N2O2/c16-15(17)7-5-11(6-8-15)21-14(20)19-10-9-18-12-3-1-2-4-13(12)19/h1-4,11,18H,5-10H2. The lowest BCUT2D eigenvalue weighted by atomic mass is 9.94. The van der Waals surface area contributed by atoms with Gasteiger partial charge in [-0.05, 0) is 25.0 Å². The van der Waals surface area contributed by atoms with E-state index >= 15 is 0 Å². The number of rotatable bonds is 1. The minimum atomic E-state index is -2.61. The van der Waals surface area contributed by atoms with Crippen molar-refractivity contribution in [2.75, 3.05) is 23.3 Å². The molecule has 114 valence electrons. The van der Waals surface area contributed by atoms with Gasteiger partial charge < -0.3 is 10.1 Å². The Morgan fingerprint density at radius 3 is 2.76 bits per heavy atom. The van der Waals surface area contributed by atoms with Crippen LogP contribution >= 0.6 is 0 Å². The van der Waals surface area contributed by atoms with Gasteiger partial charge in [-0.15, -0.1) is 0 Å². The van der Waals surface area contributed by atoms with Crippen LogP contribution in [0, 0.1) is 0 Å². The molecule has 0 aromatic heterocycles. The lowest BCUT2D eigenvalue weighted by molar-refractivity contribution is -0.0648. The Balaban J connectivity index is 1.64. The number of fused-ring (bicyclic) bond motifs is 1. The van der Waals surface area contributed by atoms with Crippen molar-refractivity contribution in [2.24, 2.45) is 0 Å². The summed E-state index contributed by atoms with van der Waals surface area (Å²) in [6, 6.07) is 7.49. The second kappa shape index (κ2) is 5.50. The van der Waals surface area contributed by atoms with Crippen LogP contribution in [0.25, 0.3) is 0 Å². The minimum absolute atomic E-state index is 0.205. The summed E-state index contributed by atoms with van der Waals surface area (Å²) in [6.45, 7) is 1.16. The molecule has 6 heteroatoms. The fourth-order valence-electron chi connectivity index (χ4n) is 2.81. The van der Waals surface area contributed by atoms with E-state index in [1.807, 2.05) is 24.3 Å². The monoisotopic (exact) mass is 296 g/mol. The molecular weight excluding hydrogens is 278 g/mol. The van der Waals surface area contributed by atoms with Crippen LogP contribution < -0.4 is 10.2 Å². The number of alkyl halides is 2. The molecular formula is C15H18F2N2O2. The van der Waals surface area contributed by atoms with Crippen LogP contribution in [0.2, 0.25) is 0 Å². The number of nitrogens with zero attached hydrogens (tertiary/aromatic N) is 1. The van der Waals surface area contributed by atoms with Gasteiger partial charge in [-0.2, -0.15) is 0 Å². The molecule has 0 atom stereocenters. The maximum atomic E-state index is 13.1. The van der Waals surface area contributed by atoms with E-state index in [9.17, 15) is 13.6 Å². The van der Waals surface area contributed by atoms with Crippen molar-refractivity contribution in [3.05, 3.63) is 24.3 Å². The largest absolute Gasteiger partial charge is 0.446 e. The minimum Gasteiger partial charge on any atom is -0.446 e. The highest BCUT2D eigenvalue weighted by atomic mass is 19.3.